The standard InChI is InChI=1S/C19H20N6O2/c26-17(15-8-4-11-25(13-15)19-20-9-5-10-21-19)22-12-16-23-18(27-24-16)14-6-2-1-3-7-14/h1-3,5-7,9-10,15H,4,8,11-13H2,(H,22,26)/t15-/m0/s1. The molecule has 0 saturated carbocycles. The fourth-order valence-electron chi connectivity index (χ4n) is 3.16. The van der Waals surface area contributed by atoms with Crippen LogP contribution in [-0.4, -0.2) is 39.1 Å². The normalized spacial score (nSPS) is 16.9. The number of anilines is 1. The summed E-state index contributed by atoms with van der Waals surface area (Å²) in [6.07, 6.45) is 5.20. The zero-order valence-electron chi connectivity index (χ0n) is 14.8. The lowest BCUT2D eigenvalue weighted by Crippen LogP contribution is -2.43. The van der Waals surface area contributed by atoms with Gasteiger partial charge < -0.3 is 14.7 Å². The summed E-state index contributed by atoms with van der Waals surface area (Å²) in [5, 5.41) is 6.86. The summed E-state index contributed by atoms with van der Waals surface area (Å²) in [5.74, 6) is 1.46. The molecule has 1 saturated heterocycles. The van der Waals surface area contributed by atoms with E-state index in [1.54, 1.807) is 18.5 Å². The van der Waals surface area contributed by atoms with Gasteiger partial charge in [0, 0.05) is 31.0 Å². The maximum Gasteiger partial charge on any atom is 0.257 e. The number of carbonyl (C=O) groups excluding carboxylic acids is 1. The molecule has 27 heavy (non-hydrogen) atoms. The average Bonchev–Trinajstić information content (AvgIpc) is 3.22. The molecule has 1 aromatic carbocycles. The second-order valence-corrected chi connectivity index (χ2v) is 6.43. The Kier molecular flexibility index (Phi) is 5.04. The first kappa shape index (κ1) is 17.1. The second-order valence-electron chi connectivity index (χ2n) is 6.43. The van der Waals surface area contributed by atoms with Crippen molar-refractivity contribution in [3.8, 4) is 11.5 Å². The van der Waals surface area contributed by atoms with Crippen LogP contribution in [0, 0.1) is 5.92 Å². The topological polar surface area (TPSA) is 97.0 Å². The summed E-state index contributed by atoms with van der Waals surface area (Å²) >= 11 is 0. The predicted octanol–water partition coefficient (Wildman–Crippen LogP) is 2.06. The van der Waals surface area contributed by atoms with Crippen molar-refractivity contribution in [2.24, 2.45) is 5.92 Å². The maximum atomic E-state index is 12.6. The van der Waals surface area contributed by atoms with Gasteiger partial charge in [-0.3, -0.25) is 4.79 Å². The van der Waals surface area contributed by atoms with Gasteiger partial charge in [-0.25, -0.2) is 9.97 Å². The molecule has 0 spiro atoms. The Morgan fingerprint density at radius 1 is 1.19 bits per heavy atom. The van der Waals surface area contributed by atoms with Crippen LogP contribution < -0.4 is 10.2 Å². The zero-order chi connectivity index (χ0) is 18.5. The second kappa shape index (κ2) is 7.94. The molecule has 2 aromatic heterocycles. The Bertz CT molecular complexity index is 883. The van der Waals surface area contributed by atoms with E-state index in [4.69, 9.17) is 4.52 Å². The first-order chi connectivity index (χ1) is 13.3. The van der Waals surface area contributed by atoms with E-state index in [0.29, 0.717) is 24.2 Å². The highest BCUT2D eigenvalue weighted by molar-refractivity contribution is 5.79. The Morgan fingerprint density at radius 3 is 2.81 bits per heavy atom. The Morgan fingerprint density at radius 2 is 2.00 bits per heavy atom. The van der Waals surface area contributed by atoms with Gasteiger partial charge in [-0.2, -0.15) is 4.98 Å². The first-order valence-electron chi connectivity index (χ1n) is 8.97. The van der Waals surface area contributed by atoms with Gasteiger partial charge >= 0.3 is 0 Å². The number of nitrogens with one attached hydrogen (secondary N) is 1. The first-order valence-corrected chi connectivity index (χ1v) is 8.97. The lowest BCUT2D eigenvalue weighted by Gasteiger charge is -2.31. The molecule has 1 fully saturated rings. The van der Waals surface area contributed by atoms with Crippen molar-refractivity contribution in [1.82, 2.24) is 25.4 Å². The Balaban J connectivity index is 1.33. The van der Waals surface area contributed by atoms with Crippen molar-refractivity contribution >= 4 is 11.9 Å². The summed E-state index contributed by atoms with van der Waals surface area (Å²) in [7, 11) is 0. The largest absolute Gasteiger partial charge is 0.348 e. The molecule has 1 aliphatic heterocycles. The van der Waals surface area contributed by atoms with Crippen molar-refractivity contribution in [1.29, 1.82) is 0 Å². The minimum absolute atomic E-state index is 0.0123. The molecule has 0 radical (unpaired) electrons. The minimum Gasteiger partial charge on any atom is -0.348 e. The highest BCUT2D eigenvalue weighted by Gasteiger charge is 2.27. The van der Waals surface area contributed by atoms with Gasteiger partial charge in [0.2, 0.25) is 11.9 Å². The zero-order valence-corrected chi connectivity index (χ0v) is 14.8. The molecule has 3 aromatic rings. The maximum absolute atomic E-state index is 12.6. The van der Waals surface area contributed by atoms with E-state index >= 15 is 0 Å². The third-order valence-electron chi connectivity index (χ3n) is 4.54. The van der Waals surface area contributed by atoms with E-state index in [9.17, 15) is 4.79 Å². The van der Waals surface area contributed by atoms with Crippen molar-refractivity contribution in [3.63, 3.8) is 0 Å². The summed E-state index contributed by atoms with van der Waals surface area (Å²) < 4.78 is 5.27. The average molecular weight is 364 g/mol. The third kappa shape index (κ3) is 4.11. The molecule has 8 heteroatoms. The SMILES string of the molecule is O=C(NCc1noc(-c2ccccc2)n1)[C@H]1CCCN(c2ncccn2)C1. The van der Waals surface area contributed by atoms with Crippen LogP contribution in [0.2, 0.25) is 0 Å². The van der Waals surface area contributed by atoms with E-state index in [0.717, 1.165) is 24.9 Å². The number of hydrogen-bond acceptors (Lipinski definition) is 7. The molecule has 1 atom stereocenters. The van der Waals surface area contributed by atoms with E-state index in [2.05, 4.69) is 30.3 Å². The van der Waals surface area contributed by atoms with Crippen molar-refractivity contribution in [2.75, 3.05) is 18.0 Å². The van der Waals surface area contributed by atoms with E-state index in [1.165, 1.54) is 0 Å². The quantitative estimate of drug-likeness (QED) is 0.740. The fraction of sp³-hybridized carbons (Fsp3) is 0.316. The smallest absolute Gasteiger partial charge is 0.257 e. The number of hydrogen-bond donors (Lipinski definition) is 1. The van der Waals surface area contributed by atoms with Gasteiger partial charge in [-0.1, -0.05) is 23.4 Å². The lowest BCUT2D eigenvalue weighted by molar-refractivity contribution is -0.125. The number of benzene rings is 1. The van der Waals surface area contributed by atoms with E-state index in [-0.39, 0.29) is 18.4 Å². The van der Waals surface area contributed by atoms with Crippen molar-refractivity contribution < 1.29 is 9.32 Å². The molecule has 4 rings (SSSR count). The highest BCUT2D eigenvalue weighted by Crippen LogP contribution is 2.20. The molecule has 0 unspecified atom stereocenters. The minimum atomic E-state index is -0.108. The van der Waals surface area contributed by atoms with Crippen LogP contribution in [0.15, 0.2) is 53.3 Å². The summed E-state index contributed by atoms with van der Waals surface area (Å²) in [5.41, 5.74) is 0.855. The van der Waals surface area contributed by atoms with Crippen molar-refractivity contribution in [2.45, 2.75) is 19.4 Å². The van der Waals surface area contributed by atoms with Crippen LogP contribution in [0.4, 0.5) is 5.95 Å². The molecule has 1 amide bonds. The molecule has 1 N–H and O–H groups in total. The molecule has 0 aliphatic carbocycles. The lowest BCUT2D eigenvalue weighted by atomic mass is 9.97. The molecule has 138 valence electrons. The monoisotopic (exact) mass is 364 g/mol. The van der Waals surface area contributed by atoms with Crippen LogP contribution in [0.3, 0.4) is 0 Å². The van der Waals surface area contributed by atoms with E-state index < -0.39 is 0 Å². The number of amides is 1. The summed E-state index contributed by atoms with van der Waals surface area (Å²) in [6.45, 7) is 1.71. The molecule has 3 heterocycles. The van der Waals surface area contributed by atoms with Gasteiger partial charge in [0.15, 0.2) is 5.82 Å². The summed E-state index contributed by atoms with van der Waals surface area (Å²) in [6, 6.07) is 11.3. The predicted molar refractivity (Wildman–Crippen MR) is 98.5 cm³/mol. The highest BCUT2D eigenvalue weighted by atomic mass is 16.5. The van der Waals surface area contributed by atoms with Gasteiger partial charge in [0.25, 0.3) is 5.89 Å². The van der Waals surface area contributed by atoms with Crippen LogP contribution in [0.1, 0.15) is 18.7 Å². The number of rotatable bonds is 5. The Labute approximate surface area is 156 Å². The van der Waals surface area contributed by atoms with Crippen LogP contribution >= 0.6 is 0 Å². The van der Waals surface area contributed by atoms with Crippen LogP contribution in [0.25, 0.3) is 11.5 Å². The van der Waals surface area contributed by atoms with Crippen molar-refractivity contribution in [3.05, 3.63) is 54.6 Å². The molecular formula is C19H20N6O2. The number of aromatic nitrogens is 4. The number of piperidine rings is 1. The van der Waals surface area contributed by atoms with E-state index in [1.807, 2.05) is 30.3 Å². The third-order valence-corrected chi connectivity index (χ3v) is 4.54. The molecule has 1 aliphatic rings. The number of carbonyl (C=O) groups is 1. The van der Waals surface area contributed by atoms with Gasteiger partial charge in [0.1, 0.15) is 0 Å². The Hall–Kier alpha value is -3.29. The molecule has 0 bridgehead atoms. The molecular weight excluding hydrogens is 344 g/mol. The van der Waals surface area contributed by atoms with Crippen LogP contribution in [-0.2, 0) is 11.3 Å². The van der Waals surface area contributed by atoms with Gasteiger partial charge in [0.05, 0.1) is 12.5 Å². The number of nitrogens with zero attached hydrogens (tertiary/aromatic N) is 5. The van der Waals surface area contributed by atoms with Gasteiger partial charge in [-0.05, 0) is 31.0 Å². The van der Waals surface area contributed by atoms with Crippen LogP contribution in [0.5, 0.6) is 0 Å². The van der Waals surface area contributed by atoms with Gasteiger partial charge in [-0.15, -0.1) is 0 Å². The fourth-order valence-corrected chi connectivity index (χ4v) is 3.16. The molecule has 8 nitrogen and oxygen atoms in total. The summed E-state index contributed by atoms with van der Waals surface area (Å²) in [4.78, 5) is 27.5.